The molecule has 0 saturated heterocycles. The van der Waals surface area contributed by atoms with Crippen LogP contribution in [-0.2, 0) is 9.84 Å². The van der Waals surface area contributed by atoms with Crippen molar-refractivity contribution in [3.8, 4) is 0 Å². The third-order valence-electron chi connectivity index (χ3n) is 2.61. The zero-order chi connectivity index (χ0) is 11.9. The van der Waals surface area contributed by atoms with Crippen molar-refractivity contribution in [3.63, 3.8) is 0 Å². The van der Waals surface area contributed by atoms with Crippen molar-refractivity contribution in [2.45, 2.75) is 24.6 Å². The maximum absolute atomic E-state index is 11.6. The quantitative estimate of drug-likeness (QED) is 0.932. The first-order valence-electron chi connectivity index (χ1n) is 4.36. The van der Waals surface area contributed by atoms with E-state index in [1.165, 1.54) is 17.6 Å². The fourth-order valence-corrected chi connectivity index (χ4v) is 3.34. The number of thiophene rings is 1. The fourth-order valence-electron chi connectivity index (χ4n) is 1.07. The number of halogens is 1. The molecular formula is C9H14BrNO2S2. The summed E-state index contributed by atoms with van der Waals surface area (Å²) in [6.45, 7) is 3.31. The predicted molar refractivity (Wildman–Crippen MR) is 67.9 cm³/mol. The van der Waals surface area contributed by atoms with E-state index in [0.29, 0.717) is 0 Å². The van der Waals surface area contributed by atoms with Gasteiger partial charge in [0.2, 0.25) is 0 Å². The molecule has 0 amide bonds. The Morgan fingerprint density at radius 1 is 1.47 bits per heavy atom. The van der Waals surface area contributed by atoms with Crippen LogP contribution in [0.5, 0.6) is 0 Å². The molecule has 1 atom stereocenters. The molecule has 86 valence electrons. The molecule has 0 spiro atoms. The maximum Gasteiger partial charge on any atom is 0.154 e. The van der Waals surface area contributed by atoms with E-state index in [2.05, 4.69) is 15.9 Å². The van der Waals surface area contributed by atoms with Gasteiger partial charge < -0.3 is 5.73 Å². The molecule has 0 aliphatic rings. The highest BCUT2D eigenvalue weighted by Crippen LogP contribution is 2.35. The molecule has 1 aromatic rings. The van der Waals surface area contributed by atoms with Crippen LogP contribution in [0.2, 0.25) is 0 Å². The number of hydrogen-bond donors (Lipinski definition) is 1. The highest BCUT2D eigenvalue weighted by atomic mass is 79.9. The molecule has 15 heavy (non-hydrogen) atoms. The monoisotopic (exact) mass is 311 g/mol. The van der Waals surface area contributed by atoms with Gasteiger partial charge in [0.05, 0.1) is 14.6 Å². The van der Waals surface area contributed by atoms with Crippen LogP contribution in [0.1, 0.15) is 24.8 Å². The van der Waals surface area contributed by atoms with Gasteiger partial charge in [0.1, 0.15) is 0 Å². The molecular weight excluding hydrogens is 298 g/mol. The average Bonchev–Trinajstić information content (AvgIpc) is 2.48. The summed E-state index contributed by atoms with van der Waals surface area (Å²) in [7, 11) is -3.17. The molecule has 0 saturated carbocycles. The molecule has 0 aromatic carbocycles. The lowest BCUT2D eigenvalue weighted by molar-refractivity contribution is 0.501. The lowest BCUT2D eigenvalue weighted by Crippen LogP contribution is -2.41. The van der Waals surface area contributed by atoms with Gasteiger partial charge in [-0.1, -0.05) is 0 Å². The zero-order valence-corrected chi connectivity index (χ0v) is 12.0. The van der Waals surface area contributed by atoms with E-state index in [1.807, 2.05) is 12.1 Å². The Balaban J connectivity index is 3.10. The van der Waals surface area contributed by atoms with E-state index in [0.717, 1.165) is 8.66 Å². The summed E-state index contributed by atoms with van der Waals surface area (Å²) in [5.74, 6) is 0. The van der Waals surface area contributed by atoms with Crippen LogP contribution in [0.4, 0.5) is 0 Å². The van der Waals surface area contributed by atoms with Crippen LogP contribution in [0.15, 0.2) is 15.9 Å². The van der Waals surface area contributed by atoms with E-state index < -0.39 is 20.6 Å². The number of sulfone groups is 1. The Bertz CT molecular complexity index is 450. The van der Waals surface area contributed by atoms with E-state index in [1.54, 1.807) is 13.8 Å². The lowest BCUT2D eigenvalue weighted by Gasteiger charge is -2.28. The molecule has 2 N–H and O–H groups in total. The summed E-state index contributed by atoms with van der Waals surface area (Å²) < 4.78 is 23.2. The Hall–Kier alpha value is 0.0900. The highest BCUT2D eigenvalue weighted by molar-refractivity contribution is 9.11. The Labute approximate surface area is 103 Å². The summed E-state index contributed by atoms with van der Waals surface area (Å²) in [4.78, 5) is 0.873. The molecule has 1 unspecified atom stereocenters. The van der Waals surface area contributed by atoms with Crippen molar-refractivity contribution in [3.05, 3.63) is 20.8 Å². The second-order valence-electron chi connectivity index (χ2n) is 4.00. The largest absolute Gasteiger partial charge is 0.322 e. The number of hydrogen-bond acceptors (Lipinski definition) is 4. The van der Waals surface area contributed by atoms with Crippen LogP contribution >= 0.6 is 27.3 Å². The Kier molecular flexibility index (Phi) is 3.65. The molecule has 0 aliphatic heterocycles. The van der Waals surface area contributed by atoms with Crippen molar-refractivity contribution >= 4 is 37.1 Å². The topological polar surface area (TPSA) is 60.2 Å². The first-order chi connectivity index (χ1) is 6.66. The van der Waals surface area contributed by atoms with Crippen molar-refractivity contribution in [2.75, 3.05) is 6.26 Å². The Morgan fingerprint density at radius 3 is 2.33 bits per heavy atom. The normalized spacial score (nSPS) is 15.3. The number of nitrogens with two attached hydrogens (primary N) is 1. The fraction of sp³-hybridized carbons (Fsp3) is 0.556. The van der Waals surface area contributed by atoms with E-state index in [4.69, 9.17) is 5.73 Å². The maximum atomic E-state index is 11.6. The van der Waals surface area contributed by atoms with Gasteiger partial charge in [-0.05, 0) is 41.9 Å². The van der Waals surface area contributed by atoms with Gasteiger partial charge in [-0.15, -0.1) is 11.3 Å². The molecule has 1 rings (SSSR count). The number of rotatable bonds is 3. The summed E-state index contributed by atoms with van der Waals surface area (Å²) in [6, 6.07) is 3.23. The van der Waals surface area contributed by atoms with Crippen LogP contribution in [0.3, 0.4) is 0 Å². The zero-order valence-electron chi connectivity index (χ0n) is 8.82. The minimum Gasteiger partial charge on any atom is -0.322 e. The lowest BCUT2D eigenvalue weighted by atomic mass is 10.0. The van der Waals surface area contributed by atoms with Crippen molar-refractivity contribution < 1.29 is 8.42 Å². The van der Waals surface area contributed by atoms with Crippen LogP contribution in [-0.4, -0.2) is 19.4 Å². The van der Waals surface area contributed by atoms with Crippen molar-refractivity contribution in [1.29, 1.82) is 0 Å². The molecule has 1 aromatic heterocycles. The second-order valence-corrected chi connectivity index (χ2v) is 9.09. The van der Waals surface area contributed by atoms with E-state index in [9.17, 15) is 8.42 Å². The Morgan fingerprint density at radius 2 is 2.00 bits per heavy atom. The SMILES string of the molecule is CC(C)(C(N)c1ccc(Br)s1)S(C)(=O)=O. The average molecular weight is 312 g/mol. The molecule has 3 nitrogen and oxygen atoms in total. The molecule has 0 aliphatic carbocycles. The first-order valence-corrected chi connectivity index (χ1v) is 7.87. The standard InChI is InChI=1S/C9H14BrNO2S2/c1-9(2,15(3,12)13)8(11)6-4-5-7(10)14-6/h4-5,8H,11H2,1-3H3. The van der Waals surface area contributed by atoms with Gasteiger partial charge >= 0.3 is 0 Å². The molecule has 0 bridgehead atoms. The van der Waals surface area contributed by atoms with Gasteiger partial charge in [-0.25, -0.2) is 8.42 Å². The van der Waals surface area contributed by atoms with Crippen LogP contribution in [0.25, 0.3) is 0 Å². The van der Waals surface area contributed by atoms with Gasteiger partial charge in [0, 0.05) is 11.1 Å². The van der Waals surface area contributed by atoms with Gasteiger partial charge in [-0.2, -0.15) is 0 Å². The highest BCUT2D eigenvalue weighted by Gasteiger charge is 2.38. The van der Waals surface area contributed by atoms with E-state index in [-0.39, 0.29) is 0 Å². The van der Waals surface area contributed by atoms with Crippen molar-refractivity contribution in [2.24, 2.45) is 5.73 Å². The van der Waals surface area contributed by atoms with Gasteiger partial charge in [-0.3, -0.25) is 0 Å². The van der Waals surface area contributed by atoms with Gasteiger partial charge in [0.25, 0.3) is 0 Å². The molecule has 0 fully saturated rings. The molecule has 0 radical (unpaired) electrons. The third-order valence-corrected chi connectivity index (χ3v) is 6.48. The summed E-state index contributed by atoms with van der Waals surface area (Å²) in [5, 5.41) is 0. The summed E-state index contributed by atoms with van der Waals surface area (Å²) >= 11 is 4.80. The van der Waals surface area contributed by atoms with Crippen LogP contribution < -0.4 is 5.73 Å². The smallest absolute Gasteiger partial charge is 0.154 e. The minimum atomic E-state index is -3.17. The van der Waals surface area contributed by atoms with Crippen molar-refractivity contribution in [1.82, 2.24) is 0 Å². The van der Waals surface area contributed by atoms with Gasteiger partial charge in [0.15, 0.2) is 9.84 Å². The van der Waals surface area contributed by atoms with E-state index >= 15 is 0 Å². The third kappa shape index (κ3) is 2.61. The second kappa shape index (κ2) is 4.16. The van der Waals surface area contributed by atoms with Crippen LogP contribution in [0, 0.1) is 0 Å². The summed E-state index contributed by atoms with van der Waals surface area (Å²) in [6.07, 6.45) is 1.22. The predicted octanol–water partition coefficient (Wildman–Crippen LogP) is 2.33. The summed E-state index contributed by atoms with van der Waals surface area (Å²) in [5.41, 5.74) is 5.98. The first kappa shape index (κ1) is 13.2. The minimum absolute atomic E-state index is 0.496. The molecule has 1 heterocycles. The molecule has 6 heteroatoms.